The van der Waals surface area contributed by atoms with Crippen molar-refractivity contribution in [3.63, 3.8) is 0 Å². The molecule has 0 aromatic heterocycles. The van der Waals surface area contributed by atoms with Crippen LogP contribution in [0.4, 0.5) is 0 Å². The van der Waals surface area contributed by atoms with E-state index in [0.29, 0.717) is 5.92 Å². The monoisotopic (exact) mass is 154 g/mol. The van der Waals surface area contributed by atoms with E-state index >= 15 is 0 Å². The van der Waals surface area contributed by atoms with Gasteiger partial charge in [-0.3, -0.25) is 0 Å². The van der Waals surface area contributed by atoms with Gasteiger partial charge >= 0.3 is 0 Å². The molecular weight excluding hydrogens is 136 g/mol. The minimum absolute atomic E-state index is 0.307. The van der Waals surface area contributed by atoms with E-state index in [1.165, 1.54) is 0 Å². The van der Waals surface area contributed by atoms with Crippen LogP contribution in [-0.4, -0.2) is 10.7 Å². The molecule has 64 valence electrons. The Morgan fingerprint density at radius 1 is 1.45 bits per heavy atom. The molecule has 0 saturated carbocycles. The van der Waals surface area contributed by atoms with E-state index in [4.69, 9.17) is 0 Å². The Morgan fingerprint density at radius 2 is 2.00 bits per heavy atom. The highest BCUT2D eigenvalue weighted by Crippen LogP contribution is 2.21. The van der Waals surface area contributed by atoms with Crippen molar-refractivity contribution in [3.05, 3.63) is 0 Å². The molecule has 1 N–H and O–H groups in total. The summed E-state index contributed by atoms with van der Waals surface area (Å²) >= 11 is 0. The maximum atomic E-state index is 9.75. The molecule has 1 atom stereocenters. The number of aliphatic hydroxyl groups is 1. The lowest BCUT2D eigenvalue weighted by Crippen LogP contribution is -2.30. The van der Waals surface area contributed by atoms with Gasteiger partial charge in [0.1, 0.15) is 0 Å². The van der Waals surface area contributed by atoms with Gasteiger partial charge in [0, 0.05) is 6.42 Å². The third-order valence-electron chi connectivity index (χ3n) is 2.18. The minimum Gasteiger partial charge on any atom is -0.390 e. The van der Waals surface area contributed by atoms with Gasteiger partial charge in [-0.2, -0.15) is 0 Å². The Hall–Kier alpha value is -0.480. The van der Waals surface area contributed by atoms with Crippen LogP contribution in [0.1, 0.15) is 40.5 Å². The Labute approximate surface area is 69.8 Å². The summed E-state index contributed by atoms with van der Waals surface area (Å²) in [5.74, 6) is 6.07. The SMILES string of the molecule is CC#CCCC(C)(O)C(C)C. The quantitative estimate of drug-likeness (QED) is 0.618. The first-order valence-electron chi connectivity index (χ1n) is 4.12. The van der Waals surface area contributed by atoms with Crippen LogP contribution in [-0.2, 0) is 0 Å². The first-order valence-corrected chi connectivity index (χ1v) is 4.12. The fourth-order valence-electron chi connectivity index (χ4n) is 0.729. The number of rotatable bonds is 3. The zero-order valence-corrected chi connectivity index (χ0v) is 7.94. The fourth-order valence-corrected chi connectivity index (χ4v) is 0.729. The van der Waals surface area contributed by atoms with E-state index in [2.05, 4.69) is 11.8 Å². The third kappa shape index (κ3) is 4.06. The molecule has 1 heteroatoms. The van der Waals surface area contributed by atoms with Crippen LogP contribution >= 0.6 is 0 Å². The van der Waals surface area contributed by atoms with Crippen molar-refractivity contribution >= 4 is 0 Å². The zero-order valence-electron chi connectivity index (χ0n) is 7.94. The molecule has 0 rings (SSSR count). The van der Waals surface area contributed by atoms with Crippen molar-refractivity contribution in [1.82, 2.24) is 0 Å². The molecule has 0 aliphatic heterocycles. The average Bonchev–Trinajstić information content (AvgIpc) is 1.88. The van der Waals surface area contributed by atoms with Gasteiger partial charge in [0.05, 0.1) is 5.60 Å². The second kappa shape index (κ2) is 4.41. The summed E-state index contributed by atoms with van der Waals surface area (Å²) in [5, 5.41) is 9.75. The molecule has 0 heterocycles. The van der Waals surface area contributed by atoms with E-state index in [1.54, 1.807) is 0 Å². The van der Waals surface area contributed by atoms with Crippen molar-refractivity contribution in [3.8, 4) is 11.8 Å². The normalized spacial score (nSPS) is 15.5. The smallest absolute Gasteiger partial charge is 0.0651 e. The van der Waals surface area contributed by atoms with E-state index in [-0.39, 0.29) is 0 Å². The molecule has 0 aromatic rings. The van der Waals surface area contributed by atoms with Crippen molar-refractivity contribution in [1.29, 1.82) is 0 Å². The van der Waals surface area contributed by atoms with Crippen LogP contribution in [0.15, 0.2) is 0 Å². The topological polar surface area (TPSA) is 20.2 Å². The molecule has 0 fully saturated rings. The van der Waals surface area contributed by atoms with Gasteiger partial charge in [-0.25, -0.2) is 0 Å². The van der Waals surface area contributed by atoms with Gasteiger partial charge in [-0.15, -0.1) is 11.8 Å². The molecule has 1 unspecified atom stereocenters. The summed E-state index contributed by atoms with van der Waals surface area (Å²) in [7, 11) is 0. The average molecular weight is 154 g/mol. The van der Waals surface area contributed by atoms with Crippen molar-refractivity contribution in [2.75, 3.05) is 0 Å². The van der Waals surface area contributed by atoms with E-state index in [0.717, 1.165) is 12.8 Å². The Morgan fingerprint density at radius 3 is 2.36 bits per heavy atom. The van der Waals surface area contributed by atoms with Crippen LogP contribution < -0.4 is 0 Å². The second-order valence-corrected chi connectivity index (χ2v) is 3.44. The van der Waals surface area contributed by atoms with Crippen LogP contribution in [0.25, 0.3) is 0 Å². The highest BCUT2D eigenvalue weighted by atomic mass is 16.3. The first-order chi connectivity index (χ1) is 5.00. The molecule has 1 nitrogen and oxygen atoms in total. The largest absolute Gasteiger partial charge is 0.390 e. The molecule has 0 aromatic carbocycles. The highest BCUT2D eigenvalue weighted by Gasteiger charge is 2.23. The molecule has 0 bridgehead atoms. The molecule has 0 radical (unpaired) electrons. The lowest BCUT2D eigenvalue weighted by atomic mass is 9.88. The Balaban J connectivity index is 3.79. The summed E-state index contributed by atoms with van der Waals surface area (Å²) in [6, 6.07) is 0. The Bertz CT molecular complexity index is 157. The molecule has 0 spiro atoms. The molecule has 0 saturated heterocycles. The summed E-state index contributed by atoms with van der Waals surface area (Å²) in [4.78, 5) is 0. The van der Waals surface area contributed by atoms with Crippen molar-refractivity contribution in [2.24, 2.45) is 5.92 Å². The summed E-state index contributed by atoms with van der Waals surface area (Å²) < 4.78 is 0. The predicted octanol–water partition coefficient (Wildman–Crippen LogP) is 2.20. The van der Waals surface area contributed by atoms with Crippen LogP contribution in [0.5, 0.6) is 0 Å². The van der Waals surface area contributed by atoms with Crippen molar-refractivity contribution < 1.29 is 5.11 Å². The lowest BCUT2D eigenvalue weighted by molar-refractivity contribution is 0.00679. The van der Waals surface area contributed by atoms with Crippen molar-refractivity contribution in [2.45, 2.75) is 46.1 Å². The minimum atomic E-state index is -0.552. The predicted molar refractivity (Wildman–Crippen MR) is 48.1 cm³/mol. The molecule has 11 heavy (non-hydrogen) atoms. The maximum Gasteiger partial charge on any atom is 0.0651 e. The number of hydrogen-bond donors (Lipinski definition) is 1. The molecule has 0 amide bonds. The maximum absolute atomic E-state index is 9.75. The van der Waals surface area contributed by atoms with E-state index in [9.17, 15) is 5.11 Å². The standard InChI is InChI=1S/C10H18O/c1-5-6-7-8-10(4,11)9(2)3/h9,11H,7-8H2,1-4H3. The molecular formula is C10H18O. The first kappa shape index (κ1) is 10.5. The zero-order chi connectivity index (χ0) is 8.91. The second-order valence-electron chi connectivity index (χ2n) is 3.44. The van der Waals surface area contributed by atoms with Gasteiger partial charge in [-0.05, 0) is 26.2 Å². The molecule has 0 aliphatic rings. The summed E-state index contributed by atoms with van der Waals surface area (Å²) in [6.45, 7) is 7.75. The van der Waals surface area contributed by atoms with Gasteiger partial charge < -0.3 is 5.11 Å². The van der Waals surface area contributed by atoms with E-state index in [1.807, 2.05) is 27.7 Å². The van der Waals surface area contributed by atoms with Gasteiger partial charge in [0.15, 0.2) is 0 Å². The van der Waals surface area contributed by atoms with Crippen LogP contribution in [0, 0.1) is 17.8 Å². The van der Waals surface area contributed by atoms with Gasteiger partial charge in [0.2, 0.25) is 0 Å². The summed E-state index contributed by atoms with van der Waals surface area (Å²) in [5.41, 5.74) is -0.552. The summed E-state index contributed by atoms with van der Waals surface area (Å²) in [6.07, 6.45) is 1.56. The lowest BCUT2D eigenvalue weighted by Gasteiger charge is -2.26. The van der Waals surface area contributed by atoms with Crippen LogP contribution in [0.3, 0.4) is 0 Å². The van der Waals surface area contributed by atoms with Crippen LogP contribution in [0.2, 0.25) is 0 Å². The van der Waals surface area contributed by atoms with Gasteiger partial charge in [0.25, 0.3) is 0 Å². The third-order valence-corrected chi connectivity index (χ3v) is 2.18. The number of hydrogen-bond acceptors (Lipinski definition) is 1. The molecule has 0 aliphatic carbocycles. The highest BCUT2D eigenvalue weighted by molar-refractivity contribution is 4.96. The van der Waals surface area contributed by atoms with E-state index < -0.39 is 5.60 Å². The fraction of sp³-hybridized carbons (Fsp3) is 0.800. The Kier molecular flexibility index (Phi) is 4.22. The van der Waals surface area contributed by atoms with Gasteiger partial charge in [-0.1, -0.05) is 13.8 Å².